The van der Waals surface area contributed by atoms with Gasteiger partial charge in [-0.05, 0) is 25.3 Å². The average molecular weight is 188 g/mol. The Bertz CT molecular complexity index is 341. The van der Waals surface area contributed by atoms with E-state index >= 15 is 0 Å². The van der Waals surface area contributed by atoms with Crippen molar-refractivity contribution in [2.24, 2.45) is 0 Å². The molecule has 0 aromatic heterocycles. The third-order valence-electron chi connectivity index (χ3n) is 3.00. The van der Waals surface area contributed by atoms with Crippen molar-refractivity contribution in [2.45, 2.75) is 38.5 Å². The number of carbonyl (C=O) groups is 1. The summed E-state index contributed by atoms with van der Waals surface area (Å²) in [6, 6.07) is 8.36. The molecule has 1 heteroatoms. The summed E-state index contributed by atoms with van der Waals surface area (Å²) in [7, 11) is 0. The Morgan fingerprint density at radius 2 is 2.14 bits per heavy atom. The molecule has 1 aliphatic carbocycles. The normalized spacial score (nSPS) is 22.4. The minimum atomic E-state index is 0.184. The SMILES string of the molecule is Cc1cccc(C2CCCCC2=O)c1. The summed E-state index contributed by atoms with van der Waals surface area (Å²) < 4.78 is 0. The zero-order valence-corrected chi connectivity index (χ0v) is 8.62. The molecule has 1 aromatic carbocycles. The molecule has 0 bridgehead atoms. The number of hydrogen-bond donors (Lipinski definition) is 0. The number of benzene rings is 1. The summed E-state index contributed by atoms with van der Waals surface area (Å²) in [4.78, 5) is 11.7. The Balaban J connectivity index is 2.24. The highest BCUT2D eigenvalue weighted by molar-refractivity contribution is 5.86. The van der Waals surface area contributed by atoms with Crippen molar-refractivity contribution < 1.29 is 4.79 Å². The number of carbonyl (C=O) groups excluding carboxylic acids is 1. The van der Waals surface area contributed by atoms with Gasteiger partial charge in [0.15, 0.2) is 0 Å². The Labute approximate surface area is 85.1 Å². The standard InChI is InChI=1S/C13H16O/c1-10-5-4-6-11(9-10)12-7-2-3-8-13(12)14/h4-6,9,12H,2-3,7-8H2,1H3. The van der Waals surface area contributed by atoms with Crippen molar-refractivity contribution in [3.05, 3.63) is 35.4 Å². The predicted octanol–water partition coefficient (Wildman–Crippen LogP) is 3.22. The second kappa shape index (κ2) is 3.95. The zero-order chi connectivity index (χ0) is 9.97. The van der Waals surface area contributed by atoms with Gasteiger partial charge in [0.25, 0.3) is 0 Å². The van der Waals surface area contributed by atoms with Gasteiger partial charge >= 0.3 is 0 Å². The molecule has 0 heterocycles. The smallest absolute Gasteiger partial charge is 0.140 e. The Morgan fingerprint density at radius 1 is 1.29 bits per heavy atom. The Hall–Kier alpha value is -1.11. The van der Waals surface area contributed by atoms with Crippen LogP contribution in [0.15, 0.2) is 24.3 Å². The second-order valence-electron chi connectivity index (χ2n) is 4.18. The second-order valence-corrected chi connectivity index (χ2v) is 4.18. The minimum Gasteiger partial charge on any atom is -0.299 e. The molecule has 1 fully saturated rings. The van der Waals surface area contributed by atoms with Gasteiger partial charge in [-0.25, -0.2) is 0 Å². The van der Waals surface area contributed by atoms with E-state index in [1.54, 1.807) is 0 Å². The van der Waals surface area contributed by atoms with E-state index in [4.69, 9.17) is 0 Å². The average Bonchev–Trinajstić information content (AvgIpc) is 2.18. The van der Waals surface area contributed by atoms with Crippen LogP contribution < -0.4 is 0 Å². The van der Waals surface area contributed by atoms with E-state index in [1.165, 1.54) is 17.5 Å². The molecule has 0 amide bonds. The van der Waals surface area contributed by atoms with E-state index in [1.807, 2.05) is 6.07 Å². The minimum absolute atomic E-state index is 0.184. The monoisotopic (exact) mass is 188 g/mol. The van der Waals surface area contributed by atoms with E-state index in [2.05, 4.69) is 25.1 Å². The molecule has 74 valence electrons. The molecule has 0 radical (unpaired) electrons. The van der Waals surface area contributed by atoms with E-state index in [0.717, 1.165) is 19.3 Å². The quantitative estimate of drug-likeness (QED) is 0.661. The predicted molar refractivity (Wildman–Crippen MR) is 57.4 cm³/mol. The summed E-state index contributed by atoms with van der Waals surface area (Å²) in [5, 5.41) is 0. The number of aryl methyl sites for hydroxylation is 1. The fourth-order valence-electron chi connectivity index (χ4n) is 2.22. The highest BCUT2D eigenvalue weighted by atomic mass is 16.1. The molecule has 0 N–H and O–H groups in total. The van der Waals surface area contributed by atoms with Crippen molar-refractivity contribution in [3.8, 4) is 0 Å². The highest BCUT2D eigenvalue weighted by Gasteiger charge is 2.23. The van der Waals surface area contributed by atoms with Crippen LogP contribution in [0.3, 0.4) is 0 Å². The summed E-state index contributed by atoms with van der Waals surface area (Å²) in [6.45, 7) is 2.08. The van der Waals surface area contributed by atoms with E-state index in [0.29, 0.717) is 5.78 Å². The summed E-state index contributed by atoms with van der Waals surface area (Å²) in [6.07, 6.45) is 4.10. The maximum Gasteiger partial charge on any atom is 0.140 e. The van der Waals surface area contributed by atoms with Crippen molar-refractivity contribution in [1.29, 1.82) is 0 Å². The van der Waals surface area contributed by atoms with Gasteiger partial charge in [0.1, 0.15) is 5.78 Å². The third-order valence-corrected chi connectivity index (χ3v) is 3.00. The lowest BCUT2D eigenvalue weighted by atomic mass is 9.82. The molecule has 1 aromatic rings. The maximum absolute atomic E-state index is 11.7. The van der Waals surface area contributed by atoms with Crippen LogP contribution in [-0.4, -0.2) is 5.78 Å². The van der Waals surface area contributed by atoms with Crippen molar-refractivity contribution in [3.63, 3.8) is 0 Å². The van der Waals surface area contributed by atoms with Crippen LogP contribution in [-0.2, 0) is 4.79 Å². The van der Waals surface area contributed by atoms with Gasteiger partial charge in [-0.1, -0.05) is 36.2 Å². The van der Waals surface area contributed by atoms with Gasteiger partial charge in [-0.2, -0.15) is 0 Å². The lowest BCUT2D eigenvalue weighted by Gasteiger charge is -2.20. The van der Waals surface area contributed by atoms with Gasteiger partial charge in [-0.3, -0.25) is 4.79 Å². The first-order valence-corrected chi connectivity index (χ1v) is 5.36. The summed E-state index contributed by atoms with van der Waals surface area (Å²) in [5.74, 6) is 0.616. The van der Waals surface area contributed by atoms with Crippen LogP contribution in [0.2, 0.25) is 0 Å². The Kier molecular flexibility index (Phi) is 2.67. The molecule has 1 aliphatic rings. The van der Waals surface area contributed by atoms with Crippen LogP contribution in [0.5, 0.6) is 0 Å². The lowest BCUT2D eigenvalue weighted by Crippen LogP contribution is -2.16. The first-order valence-electron chi connectivity index (χ1n) is 5.36. The van der Waals surface area contributed by atoms with Crippen LogP contribution in [0.25, 0.3) is 0 Å². The number of Topliss-reactive ketones (excluding diaryl/α,β-unsaturated/α-hetero) is 1. The van der Waals surface area contributed by atoms with Crippen LogP contribution in [0.4, 0.5) is 0 Å². The Morgan fingerprint density at radius 3 is 2.86 bits per heavy atom. The molecule has 2 rings (SSSR count). The molecular formula is C13H16O. The topological polar surface area (TPSA) is 17.1 Å². The highest BCUT2D eigenvalue weighted by Crippen LogP contribution is 2.30. The first-order chi connectivity index (χ1) is 6.77. The molecule has 0 aliphatic heterocycles. The molecule has 1 nitrogen and oxygen atoms in total. The summed E-state index contributed by atoms with van der Waals surface area (Å²) >= 11 is 0. The number of rotatable bonds is 1. The van der Waals surface area contributed by atoms with E-state index in [-0.39, 0.29) is 5.92 Å². The van der Waals surface area contributed by atoms with Crippen LogP contribution >= 0.6 is 0 Å². The van der Waals surface area contributed by atoms with Crippen molar-refractivity contribution in [1.82, 2.24) is 0 Å². The van der Waals surface area contributed by atoms with E-state index < -0.39 is 0 Å². The first kappa shape index (κ1) is 9.45. The molecule has 1 saturated carbocycles. The van der Waals surface area contributed by atoms with Gasteiger partial charge in [0.2, 0.25) is 0 Å². The third kappa shape index (κ3) is 1.87. The van der Waals surface area contributed by atoms with Gasteiger partial charge in [0, 0.05) is 12.3 Å². The molecular weight excluding hydrogens is 172 g/mol. The molecule has 0 saturated heterocycles. The van der Waals surface area contributed by atoms with Gasteiger partial charge < -0.3 is 0 Å². The number of hydrogen-bond acceptors (Lipinski definition) is 1. The van der Waals surface area contributed by atoms with E-state index in [9.17, 15) is 4.79 Å². The molecule has 0 spiro atoms. The van der Waals surface area contributed by atoms with Gasteiger partial charge in [0.05, 0.1) is 0 Å². The van der Waals surface area contributed by atoms with Crippen molar-refractivity contribution >= 4 is 5.78 Å². The molecule has 1 atom stereocenters. The summed E-state index contributed by atoms with van der Waals surface area (Å²) in [5.41, 5.74) is 2.47. The number of ketones is 1. The van der Waals surface area contributed by atoms with Crippen LogP contribution in [0.1, 0.15) is 42.7 Å². The largest absolute Gasteiger partial charge is 0.299 e. The fraction of sp³-hybridized carbons (Fsp3) is 0.462. The zero-order valence-electron chi connectivity index (χ0n) is 8.62. The lowest BCUT2D eigenvalue weighted by molar-refractivity contribution is -0.121. The molecule has 1 unspecified atom stereocenters. The fourth-order valence-corrected chi connectivity index (χ4v) is 2.22. The molecule has 14 heavy (non-hydrogen) atoms. The van der Waals surface area contributed by atoms with Gasteiger partial charge in [-0.15, -0.1) is 0 Å². The maximum atomic E-state index is 11.7. The van der Waals surface area contributed by atoms with Crippen molar-refractivity contribution in [2.75, 3.05) is 0 Å². The van der Waals surface area contributed by atoms with Crippen LogP contribution in [0, 0.1) is 6.92 Å².